The third-order valence-corrected chi connectivity index (χ3v) is 8.21. The second-order valence-corrected chi connectivity index (χ2v) is 12.5. The second-order valence-electron chi connectivity index (χ2n) is 12.5. The predicted octanol–water partition coefficient (Wildman–Crippen LogP) is -0.0771. The Morgan fingerprint density at radius 2 is 1.53 bits per heavy atom. The number of aliphatic carboxylic acids is 1. The van der Waals surface area contributed by atoms with Crippen molar-refractivity contribution in [3.63, 3.8) is 0 Å². The summed E-state index contributed by atoms with van der Waals surface area (Å²) in [7, 11) is 0. The molecule has 19 heteroatoms. The molecule has 2 aliphatic rings. The summed E-state index contributed by atoms with van der Waals surface area (Å²) in [5.74, 6) is -6.03. The number of likely N-dealkylation sites (tertiary alicyclic amines) is 1. The van der Waals surface area contributed by atoms with Crippen molar-refractivity contribution in [2.75, 3.05) is 13.2 Å². The molecule has 0 bridgehead atoms. The first-order chi connectivity index (χ1) is 25.0. The van der Waals surface area contributed by atoms with Crippen molar-refractivity contribution in [1.82, 2.24) is 20.9 Å². The van der Waals surface area contributed by atoms with Crippen LogP contribution in [0.2, 0.25) is 0 Å². The number of amides is 4. The highest BCUT2D eigenvalue weighted by molar-refractivity contribution is 5.93. The molecule has 3 rings (SSSR count). The maximum atomic E-state index is 14.0. The first-order valence-electron chi connectivity index (χ1n) is 16.8. The number of carboxylic acids is 1. The predicted molar refractivity (Wildman–Crippen MR) is 178 cm³/mol. The van der Waals surface area contributed by atoms with Crippen LogP contribution in [0, 0.1) is 0 Å². The summed E-state index contributed by atoms with van der Waals surface area (Å²) in [5, 5.41) is 17.2. The van der Waals surface area contributed by atoms with E-state index >= 15 is 0 Å². The highest BCUT2D eigenvalue weighted by Crippen LogP contribution is 2.29. The van der Waals surface area contributed by atoms with Crippen molar-refractivity contribution in [3.8, 4) is 0 Å². The largest absolute Gasteiger partial charge is 0.480 e. The van der Waals surface area contributed by atoms with E-state index in [-0.39, 0.29) is 19.6 Å². The summed E-state index contributed by atoms with van der Waals surface area (Å²) < 4.78 is 33.4. The highest BCUT2D eigenvalue weighted by atomic mass is 16.7. The number of carbonyl (C=O) groups is 8. The molecule has 53 heavy (non-hydrogen) atoms. The maximum Gasteiger partial charge on any atom is 0.408 e. The zero-order valence-corrected chi connectivity index (χ0v) is 30.2. The molecule has 1 aromatic rings. The van der Waals surface area contributed by atoms with Crippen LogP contribution in [0.15, 0.2) is 30.3 Å². The summed E-state index contributed by atoms with van der Waals surface area (Å²) in [6, 6.07) is 3.29. The fraction of sp³-hybridized carbons (Fsp3) is 0.588. The van der Waals surface area contributed by atoms with Crippen molar-refractivity contribution in [1.29, 1.82) is 0 Å². The average molecular weight is 751 g/mol. The van der Waals surface area contributed by atoms with Gasteiger partial charge in [-0.2, -0.15) is 0 Å². The quantitative estimate of drug-likeness (QED) is 0.135. The zero-order valence-electron chi connectivity index (χ0n) is 30.2. The summed E-state index contributed by atoms with van der Waals surface area (Å²) in [6.07, 6.45) is -7.64. The summed E-state index contributed by atoms with van der Waals surface area (Å²) in [6.45, 7) is 6.52. The van der Waals surface area contributed by atoms with Crippen LogP contribution >= 0.6 is 0 Å². The number of ether oxygens (including phenoxy) is 6. The molecule has 0 saturated carbocycles. The number of nitrogens with zero attached hydrogens (tertiary/aromatic N) is 1. The molecule has 0 spiro atoms. The number of nitrogens with one attached hydrogen (secondary N) is 3. The Hall–Kier alpha value is -5.30. The fourth-order valence-electron chi connectivity index (χ4n) is 5.83. The molecule has 0 unspecified atom stereocenters. The van der Waals surface area contributed by atoms with Gasteiger partial charge in [0.05, 0.1) is 6.10 Å². The van der Waals surface area contributed by atoms with Crippen LogP contribution in [0.5, 0.6) is 0 Å². The number of carbonyl (C=O) groups excluding carboxylic acids is 7. The number of esters is 3. The third kappa shape index (κ3) is 12.4. The van der Waals surface area contributed by atoms with Gasteiger partial charge >= 0.3 is 30.0 Å². The maximum absolute atomic E-state index is 14.0. The van der Waals surface area contributed by atoms with Gasteiger partial charge in [-0.25, -0.2) is 9.59 Å². The monoisotopic (exact) mass is 750 g/mol. The van der Waals surface area contributed by atoms with Crippen molar-refractivity contribution >= 4 is 47.7 Å². The standard InChI is InChI=1S/C34H46N4O15/c1-17(35-34(47)49-15-23-11-8-7-9-12-23)30(43)37-26(31(44)38-14-10-13-24(38)32(45)46)18(2)50-33-27(36-19(3)39)29(52-22(6)42)28(51-21(5)41)25(53-33)16-48-20(4)40/h7-9,11-12,17-18,24-29,33H,10,13-16H2,1-6H3,(H,35,47)(H,36,39)(H,37,43)(H,45,46)/t17-,18+,24-,25+,26-,27+,28-,29+,33-/m0/s1. The SMILES string of the molecule is CC(=O)N[C@H]1[C@@H](O[C@H](C)[C@H](NC(=O)[C@H](C)NC(=O)OCc2ccccc2)C(=O)N2CCC[C@H]2C(=O)O)O[C@H](COC(C)=O)[C@H](OC(C)=O)[C@@H]1OC(C)=O. The third-order valence-electron chi connectivity index (χ3n) is 8.21. The van der Waals surface area contributed by atoms with Gasteiger partial charge in [0.2, 0.25) is 17.7 Å². The molecule has 9 atom stereocenters. The van der Waals surface area contributed by atoms with E-state index in [2.05, 4.69) is 16.0 Å². The number of rotatable bonds is 15. The second kappa shape index (κ2) is 19.5. The van der Waals surface area contributed by atoms with E-state index in [1.54, 1.807) is 30.3 Å². The minimum atomic E-state index is -1.62. The van der Waals surface area contributed by atoms with Crippen LogP contribution in [-0.4, -0.2) is 126 Å². The van der Waals surface area contributed by atoms with Crippen LogP contribution in [0.25, 0.3) is 0 Å². The van der Waals surface area contributed by atoms with Gasteiger partial charge in [0.1, 0.15) is 43.5 Å². The zero-order chi connectivity index (χ0) is 39.4. The van der Waals surface area contributed by atoms with E-state index in [1.807, 2.05) is 0 Å². The molecule has 4 N–H and O–H groups in total. The van der Waals surface area contributed by atoms with Gasteiger partial charge in [0, 0.05) is 34.2 Å². The minimum Gasteiger partial charge on any atom is -0.480 e. The smallest absolute Gasteiger partial charge is 0.408 e. The Labute approximate surface area is 305 Å². The van der Waals surface area contributed by atoms with Crippen LogP contribution in [-0.2, 0) is 68.6 Å². The van der Waals surface area contributed by atoms with Gasteiger partial charge in [-0.1, -0.05) is 30.3 Å². The van der Waals surface area contributed by atoms with E-state index in [0.29, 0.717) is 12.0 Å². The molecule has 1 aromatic carbocycles. The Kier molecular flexibility index (Phi) is 15.5. The molecule has 0 aromatic heterocycles. The summed E-state index contributed by atoms with van der Waals surface area (Å²) in [5.41, 5.74) is 0.697. The van der Waals surface area contributed by atoms with Gasteiger partial charge in [0.25, 0.3) is 0 Å². The normalized spacial score (nSPS) is 24.0. The van der Waals surface area contributed by atoms with Gasteiger partial charge < -0.3 is 54.4 Å². The van der Waals surface area contributed by atoms with E-state index in [0.717, 1.165) is 32.6 Å². The van der Waals surface area contributed by atoms with Gasteiger partial charge in [-0.3, -0.25) is 28.8 Å². The first-order valence-corrected chi connectivity index (χ1v) is 16.8. The molecule has 0 aliphatic carbocycles. The summed E-state index contributed by atoms with van der Waals surface area (Å²) >= 11 is 0. The van der Waals surface area contributed by atoms with E-state index < -0.39 is 109 Å². The molecule has 2 saturated heterocycles. The molecule has 4 amide bonds. The minimum absolute atomic E-state index is 0.0476. The average Bonchev–Trinajstić information content (AvgIpc) is 3.58. The molecule has 2 fully saturated rings. The molecule has 2 heterocycles. The van der Waals surface area contributed by atoms with Crippen LogP contribution < -0.4 is 16.0 Å². The van der Waals surface area contributed by atoms with E-state index in [4.69, 9.17) is 28.4 Å². The van der Waals surface area contributed by atoms with E-state index in [1.165, 1.54) is 13.8 Å². The van der Waals surface area contributed by atoms with Crippen LogP contribution in [0.3, 0.4) is 0 Å². The Morgan fingerprint density at radius 1 is 0.887 bits per heavy atom. The van der Waals surface area contributed by atoms with Crippen molar-refractivity contribution in [3.05, 3.63) is 35.9 Å². The van der Waals surface area contributed by atoms with Crippen LogP contribution in [0.4, 0.5) is 4.79 Å². The topological polar surface area (TPSA) is 251 Å². The molecule has 0 radical (unpaired) electrons. The lowest BCUT2D eigenvalue weighted by atomic mass is 9.95. The highest BCUT2D eigenvalue weighted by Gasteiger charge is 2.52. The lowest BCUT2D eigenvalue weighted by Gasteiger charge is -2.46. The first kappa shape index (κ1) is 42.1. The fourth-order valence-corrected chi connectivity index (χ4v) is 5.83. The van der Waals surface area contributed by atoms with Gasteiger partial charge in [-0.15, -0.1) is 0 Å². The molecule has 292 valence electrons. The number of hydrogen-bond donors (Lipinski definition) is 4. The summed E-state index contributed by atoms with van der Waals surface area (Å²) in [4.78, 5) is 102. The Bertz CT molecular complexity index is 1510. The number of benzene rings is 1. The van der Waals surface area contributed by atoms with Crippen molar-refractivity contribution in [2.45, 2.75) is 116 Å². The van der Waals surface area contributed by atoms with Gasteiger partial charge in [-0.05, 0) is 32.3 Å². The number of hydrogen-bond acceptors (Lipinski definition) is 14. The molecular formula is C34H46N4O15. The number of alkyl carbamates (subject to hydrolysis) is 1. The Morgan fingerprint density at radius 3 is 2.11 bits per heavy atom. The molecule has 19 nitrogen and oxygen atoms in total. The van der Waals surface area contributed by atoms with Crippen LogP contribution in [0.1, 0.15) is 59.9 Å². The lowest BCUT2D eigenvalue weighted by Crippen LogP contribution is -2.68. The van der Waals surface area contributed by atoms with E-state index in [9.17, 15) is 43.5 Å². The lowest BCUT2D eigenvalue weighted by molar-refractivity contribution is -0.287. The molecule has 2 aliphatic heterocycles. The number of carboxylic acid groups (broad SMARTS) is 1. The van der Waals surface area contributed by atoms with Crippen molar-refractivity contribution < 1.29 is 71.9 Å². The van der Waals surface area contributed by atoms with Gasteiger partial charge in [0.15, 0.2) is 18.5 Å². The Balaban J connectivity index is 1.93. The molecular weight excluding hydrogens is 704 g/mol. The van der Waals surface area contributed by atoms with Crippen molar-refractivity contribution in [2.24, 2.45) is 0 Å².